The first-order chi connectivity index (χ1) is 49.0. The Morgan fingerprint density at radius 1 is 0.480 bits per heavy atom. The Hall–Kier alpha value is -6.44. The molecule has 1 fully saturated rings. The Labute approximate surface area is 600 Å². The number of rotatable bonds is 54. The number of para-hydroxylation sites is 2. The molecule has 1 heterocycles. The maximum Gasteiger partial charge on any atom is 0.588 e. The van der Waals surface area contributed by atoms with Crippen molar-refractivity contribution in [1.29, 1.82) is 0 Å². The number of nitrogens with one attached hydrogen (secondary N) is 1. The Kier molecular flexibility index (Phi) is 38.0. The van der Waals surface area contributed by atoms with E-state index in [0.717, 1.165) is 92.9 Å². The van der Waals surface area contributed by atoms with Crippen LogP contribution in [0.5, 0.6) is 11.5 Å². The van der Waals surface area contributed by atoms with E-state index in [1.807, 2.05) is 121 Å². The smallest absolute Gasteiger partial charge is 0.452 e. The second-order valence-corrected chi connectivity index (χ2v) is 28.9. The van der Waals surface area contributed by atoms with Gasteiger partial charge in [0.05, 0.1) is 13.2 Å². The molecule has 13 nitrogen and oxygen atoms in total. The number of hydrogen-bond acceptors (Lipinski definition) is 12. The molecular formula is C86H120NO12P. The molecule has 1 aliphatic heterocycles. The van der Waals surface area contributed by atoms with Gasteiger partial charge in [-0.1, -0.05) is 365 Å². The van der Waals surface area contributed by atoms with Gasteiger partial charge in [0.15, 0.2) is 23.8 Å². The number of ether oxygens (including phenoxy) is 4. The average Bonchev–Trinajstić information content (AvgIpc) is 0.740. The van der Waals surface area contributed by atoms with Gasteiger partial charge >= 0.3 is 13.8 Å². The monoisotopic (exact) mass is 1390 g/mol. The van der Waals surface area contributed by atoms with E-state index in [1.165, 1.54) is 109 Å². The standard InChI is InChI=1S/C86H120NO12P/c1-4-7-10-13-16-19-22-25-28-31-52-67-79(88)85(91)81(87-83(90)77(66-51-30-27-24-21-18-15-12-9-6-3)95-80(89)68-53-32-29-26-23-20-17-14-11-8-5-2)84(93-69-71-54-39-33-40-55-71)96-78(82(85)99-100(92,97-75-62-47-37-48-63-75)98-76-64-49-38-50-65-76)70-94-86(72-56-41-34-42-57-72,73-58-43-35-44-59-73)74-60-45-36-46-61-74/h33-50,54-65,77-78,81-82,84,91H,4-32,51-53,66-70H2,1-3H3,(H,87,90)/t77?,78-,81+,82-,84-,85-/m1/s1. The fourth-order valence-electron chi connectivity index (χ4n) is 13.7. The summed E-state index contributed by atoms with van der Waals surface area (Å²) in [6, 6.07) is 53.7. The number of carbonyl (C=O) groups excluding carboxylic acids is 3. The minimum Gasteiger partial charge on any atom is -0.452 e. The van der Waals surface area contributed by atoms with Crippen molar-refractivity contribution in [2.45, 2.75) is 294 Å². The molecule has 0 saturated carbocycles. The maximum atomic E-state index is 16.3. The number of esters is 1. The Morgan fingerprint density at radius 3 is 1.25 bits per heavy atom. The maximum absolute atomic E-state index is 16.3. The van der Waals surface area contributed by atoms with Crippen LogP contribution in [0.4, 0.5) is 0 Å². The fraction of sp³-hybridized carbons (Fsp3) is 0.547. The second kappa shape index (κ2) is 46.9. The van der Waals surface area contributed by atoms with Crippen LogP contribution in [0.2, 0.25) is 0 Å². The van der Waals surface area contributed by atoms with Crippen LogP contribution < -0.4 is 14.4 Å². The summed E-state index contributed by atoms with van der Waals surface area (Å²) in [4.78, 5) is 46.3. The molecule has 0 bridgehead atoms. The van der Waals surface area contributed by atoms with Crippen molar-refractivity contribution >= 4 is 25.5 Å². The second-order valence-electron chi connectivity index (χ2n) is 27.5. The lowest BCUT2D eigenvalue weighted by Gasteiger charge is -2.51. The van der Waals surface area contributed by atoms with Gasteiger partial charge in [-0.2, -0.15) is 0 Å². The van der Waals surface area contributed by atoms with Crippen molar-refractivity contribution in [2.24, 2.45) is 0 Å². The highest BCUT2D eigenvalue weighted by Gasteiger charge is 2.64. The van der Waals surface area contributed by atoms with Gasteiger partial charge in [0.2, 0.25) is 0 Å². The van der Waals surface area contributed by atoms with Crippen LogP contribution in [0.25, 0.3) is 0 Å². The molecule has 1 aliphatic rings. The zero-order valence-corrected chi connectivity index (χ0v) is 61.6. The third-order valence-electron chi connectivity index (χ3n) is 19.4. The molecule has 7 rings (SSSR count). The summed E-state index contributed by atoms with van der Waals surface area (Å²) in [5.41, 5.74) is -1.26. The highest BCUT2D eigenvalue weighted by molar-refractivity contribution is 7.49. The van der Waals surface area contributed by atoms with E-state index in [0.29, 0.717) is 25.7 Å². The number of hydrogen-bond donors (Lipinski definition) is 2. The van der Waals surface area contributed by atoms with Gasteiger partial charge in [-0.05, 0) is 72.2 Å². The summed E-state index contributed by atoms with van der Waals surface area (Å²) in [7, 11) is -5.10. The van der Waals surface area contributed by atoms with Crippen LogP contribution >= 0.6 is 7.82 Å². The normalized spacial score (nSPS) is 17.3. The number of Topliss-reactive ketones (excluding diaryl/α,β-unsaturated/α-hetero) is 1. The molecule has 1 saturated heterocycles. The SMILES string of the molecule is CCCCCCCCCCCCCC(=O)OC(CCCCCCCCCCCC)C(=O)N[C@H]1[C@H](OCc2ccccc2)O[C@H](COC(c2ccccc2)(c2ccccc2)c2ccccc2)[C@@H](OP(=O)(Oc2ccccc2)Oc2ccccc2)[C@@]1(O)C(=O)CCCCCCCCCCCCC. The van der Waals surface area contributed by atoms with E-state index in [9.17, 15) is 9.90 Å². The van der Waals surface area contributed by atoms with Crippen molar-refractivity contribution in [3.05, 3.63) is 204 Å². The van der Waals surface area contributed by atoms with Crippen LogP contribution in [0.1, 0.15) is 268 Å². The molecule has 0 aliphatic carbocycles. The molecule has 2 N–H and O–H groups in total. The molecule has 0 aromatic heterocycles. The van der Waals surface area contributed by atoms with Crippen LogP contribution in [0, 0.1) is 0 Å². The first-order valence-electron chi connectivity index (χ1n) is 38.7. The van der Waals surface area contributed by atoms with Gasteiger partial charge in [0.1, 0.15) is 35.3 Å². The van der Waals surface area contributed by atoms with Gasteiger partial charge in [-0.25, -0.2) is 4.57 Å². The van der Waals surface area contributed by atoms with E-state index in [1.54, 1.807) is 60.7 Å². The Balaban J connectivity index is 1.31. The van der Waals surface area contributed by atoms with E-state index < -0.39 is 73.9 Å². The largest absolute Gasteiger partial charge is 0.588 e. The number of phosphoric ester groups is 1. The van der Waals surface area contributed by atoms with Gasteiger partial charge in [0.25, 0.3) is 5.91 Å². The molecular weight excluding hydrogens is 1270 g/mol. The van der Waals surface area contributed by atoms with Gasteiger partial charge in [-0.3, -0.25) is 18.9 Å². The molecule has 6 aromatic carbocycles. The Bertz CT molecular complexity index is 3020. The minimum absolute atomic E-state index is 0.0927. The Morgan fingerprint density at radius 2 is 0.840 bits per heavy atom. The molecule has 100 heavy (non-hydrogen) atoms. The van der Waals surface area contributed by atoms with Crippen molar-refractivity contribution in [3.8, 4) is 11.5 Å². The fourth-order valence-corrected chi connectivity index (χ4v) is 15.1. The lowest BCUT2D eigenvalue weighted by atomic mass is 9.76. The highest BCUT2D eigenvalue weighted by atomic mass is 31.2. The molecule has 1 amide bonds. The van der Waals surface area contributed by atoms with E-state index in [-0.39, 0.29) is 37.4 Å². The predicted octanol–water partition coefficient (Wildman–Crippen LogP) is 22.0. The molecule has 14 heteroatoms. The molecule has 0 radical (unpaired) electrons. The number of phosphoric acid groups is 1. The molecule has 6 aromatic rings. The number of benzene rings is 6. The number of unbranched alkanes of at least 4 members (excludes halogenated alkanes) is 29. The van der Waals surface area contributed by atoms with Crippen molar-refractivity contribution < 1.29 is 56.6 Å². The zero-order chi connectivity index (χ0) is 70.6. The zero-order valence-electron chi connectivity index (χ0n) is 60.8. The van der Waals surface area contributed by atoms with Gasteiger partial charge in [-0.15, -0.1) is 0 Å². The quantitative estimate of drug-likeness (QED) is 0.0161. The predicted molar refractivity (Wildman–Crippen MR) is 402 cm³/mol. The van der Waals surface area contributed by atoms with Crippen LogP contribution in [-0.4, -0.2) is 65.6 Å². The first kappa shape index (κ1) is 80.9. The third-order valence-corrected chi connectivity index (χ3v) is 20.7. The molecule has 6 atom stereocenters. The number of aliphatic hydroxyl groups is 1. The van der Waals surface area contributed by atoms with Crippen LogP contribution in [0.15, 0.2) is 182 Å². The van der Waals surface area contributed by atoms with E-state index in [4.69, 9.17) is 32.5 Å². The lowest BCUT2D eigenvalue weighted by Crippen LogP contribution is -2.76. The van der Waals surface area contributed by atoms with Crippen LogP contribution in [0.3, 0.4) is 0 Å². The molecule has 546 valence electrons. The average molecular weight is 1390 g/mol. The van der Waals surface area contributed by atoms with Crippen molar-refractivity contribution in [1.82, 2.24) is 5.32 Å². The van der Waals surface area contributed by atoms with Crippen molar-refractivity contribution in [2.75, 3.05) is 6.61 Å². The number of carbonyl (C=O) groups is 3. The van der Waals surface area contributed by atoms with Gasteiger partial charge in [0, 0.05) is 12.8 Å². The van der Waals surface area contributed by atoms with Crippen LogP contribution in [-0.2, 0) is 54.6 Å². The molecule has 0 spiro atoms. The summed E-state index contributed by atoms with van der Waals surface area (Å²) in [5, 5.41) is 17.7. The van der Waals surface area contributed by atoms with E-state index in [2.05, 4.69) is 26.1 Å². The van der Waals surface area contributed by atoms with Gasteiger partial charge < -0.3 is 38.4 Å². The topological polar surface area (TPSA) is 165 Å². The minimum atomic E-state index is -5.10. The highest BCUT2D eigenvalue weighted by Crippen LogP contribution is 2.54. The lowest BCUT2D eigenvalue weighted by molar-refractivity contribution is -0.296. The van der Waals surface area contributed by atoms with Crippen molar-refractivity contribution in [3.63, 3.8) is 0 Å². The number of amides is 1. The first-order valence-corrected chi connectivity index (χ1v) is 40.1. The summed E-state index contributed by atoms with van der Waals surface area (Å²) in [5.74, 6) is -1.77. The molecule has 1 unspecified atom stereocenters. The summed E-state index contributed by atoms with van der Waals surface area (Å²) < 4.78 is 64.0. The summed E-state index contributed by atoms with van der Waals surface area (Å²) in [6.07, 6.45) is 27.7. The summed E-state index contributed by atoms with van der Waals surface area (Å²) in [6.45, 7) is 6.15. The summed E-state index contributed by atoms with van der Waals surface area (Å²) >= 11 is 0. The number of ketones is 1. The third kappa shape index (κ3) is 27.4. The van der Waals surface area contributed by atoms with E-state index >= 15 is 14.2 Å².